The SMILES string of the molecule is CC(C)(C(=O)NC1C2CC3CC(C2)CC1C3)c1cccc(-c2nn[nH]n2)c1. The van der Waals surface area contributed by atoms with Crippen molar-refractivity contribution in [2.45, 2.75) is 57.4 Å². The van der Waals surface area contributed by atoms with Crippen molar-refractivity contribution >= 4 is 5.91 Å². The molecule has 6 rings (SSSR count). The number of carbonyl (C=O) groups excluding carboxylic acids is 1. The molecule has 6 heteroatoms. The first kappa shape index (κ1) is 16.9. The Hall–Kier alpha value is -2.24. The van der Waals surface area contributed by atoms with E-state index in [0.717, 1.165) is 23.0 Å². The van der Waals surface area contributed by atoms with E-state index in [2.05, 4.69) is 25.9 Å². The number of rotatable bonds is 4. The molecule has 0 radical (unpaired) electrons. The first-order valence-electron chi connectivity index (χ1n) is 10.2. The number of aromatic amines is 1. The van der Waals surface area contributed by atoms with Crippen LogP contribution in [-0.2, 0) is 10.2 Å². The van der Waals surface area contributed by atoms with E-state index in [1.54, 1.807) is 0 Å². The molecule has 4 aliphatic rings. The van der Waals surface area contributed by atoms with Crippen LogP contribution < -0.4 is 5.32 Å². The average Bonchev–Trinajstić information content (AvgIpc) is 3.19. The summed E-state index contributed by atoms with van der Waals surface area (Å²) in [5.41, 5.74) is 1.25. The number of amides is 1. The lowest BCUT2D eigenvalue weighted by atomic mass is 9.54. The molecule has 142 valence electrons. The highest BCUT2D eigenvalue weighted by atomic mass is 16.2. The summed E-state index contributed by atoms with van der Waals surface area (Å²) in [5.74, 6) is 3.89. The highest BCUT2D eigenvalue weighted by Crippen LogP contribution is 2.53. The maximum absolute atomic E-state index is 13.3. The molecule has 4 aliphatic carbocycles. The number of benzene rings is 1. The zero-order valence-electron chi connectivity index (χ0n) is 16.0. The fraction of sp³-hybridized carbons (Fsp3) is 0.619. The van der Waals surface area contributed by atoms with Crippen LogP contribution >= 0.6 is 0 Å². The monoisotopic (exact) mass is 365 g/mol. The lowest BCUT2D eigenvalue weighted by Crippen LogP contribution is -2.58. The van der Waals surface area contributed by atoms with E-state index in [0.29, 0.717) is 23.7 Å². The first-order valence-corrected chi connectivity index (χ1v) is 10.2. The van der Waals surface area contributed by atoms with Crippen molar-refractivity contribution in [3.8, 4) is 11.4 Å². The van der Waals surface area contributed by atoms with Crippen LogP contribution in [0, 0.1) is 23.7 Å². The van der Waals surface area contributed by atoms with Gasteiger partial charge in [0.25, 0.3) is 0 Å². The summed E-state index contributed by atoms with van der Waals surface area (Å²) in [5, 5.41) is 17.7. The van der Waals surface area contributed by atoms with E-state index in [1.165, 1.54) is 32.1 Å². The van der Waals surface area contributed by atoms with Gasteiger partial charge in [-0.3, -0.25) is 4.79 Å². The Kier molecular flexibility index (Phi) is 3.85. The van der Waals surface area contributed by atoms with Crippen molar-refractivity contribution < 1.29 is 4.79 Å². The van der Waals surface area contributed by atoms with Crippen molar-refractivity contribution in [2.75, 3.05) is 0 Å². The van der Waals surface area contributed by atoms with Gasteiger partial charge in [-0.1, -0.05) is 18.2 Å². The second kappa shape index (κ2) is 6.14. The van der Waals surface area contributed by atoms with E-state index in [4.69, 9.17) is 0 Å². The van der Waals surface area contributed by atoms with Gasteiger partial charge in [-0.25, -0.2) is 0 Å². The molecule has 6 nitrogen and oxygen atoms in total. The van der Waals surface area contributed by atoms with Crippen molar-refractivity contribution in [1.82, 2.24) is 25.9 Å². The van der Waals surface area contributed by atoms with Crippen LogP contribution in [0.5, 0.6) is 0 Å². The van der Waals surface area contributed by atoms with E-state index >= 15 is 0 Å². The molecule has 1 aromatic heterocycles. The van der Waals surface area contributed by atoms with Crippen molar-refractivity contribution in [2.24, 2.45) is 23.7 Å². The largest absolute Gasteiger partial charge is 0.352 e. The Labute approximate surface area is 159 Å². The van der Waals surface area contributed by atoms with Crippen LogP contribution in [0.15, 0.2) is 24.3 Å². The molecule has 4 saturated carbocycles. The molecule has 0 spiro atoms. The summed E-state index contributed by atoms with van der Waals surface area (Å²) in [4.78, 5) is 13.3. The third-order valence-corrected chi connectivity index (χ3v) is 7.28. The molecule has 1 amide bonds. The molecule has 2 N–H and O–H groups in total. The van der Waals surface area contributed by atoms with Gasteiger partial charge in [0.05, 0.1) is 5.41 Å². The zero-order chi connectivity index (χ0) is 18.6. The summed E-state index contributed by atoms with van der Waals surface area (Å²) in [6, 6.07) is 8.28. The Morgan fingerprint density at radius 2 is 1.81 bits per heavy atom. The number of nitrogens with one attached hydrogen (secondary N) is 2. The minimum atomic E-state index is -0.603. The number of H-pyrrole nitrogens is 1. The third kappa shape index (κ3) is 2.86. The summed E-state index contributed by atoms with van der Waals surface area (Å²) in [7, 11) is 0. The van der Waals surface area contributed by atoms with E-state index in [-0.39, 0.29) is 5.91 Å². The maximum atomic E-state index is 13.3. The quantitative estimate of drug-likeness (QED) is 0.872. The predicted octanol–water partition coefficient (Wildman–Crippen LogP) is 3.09. The molecule has 0 aliphatic heterocycles. The number of hydrogen-bond acceptors (Lipinski definition) is 4. The molecule has 0 unspecified atom stereocenters. The second-order valence-electron chi connectivity index (χ2n) is 9.37. The molecule has 2 aromatic rings. The van der Waals surface area contributed by atoms with Gasteiger partial charge < -0.3 is 5.32 Å². The van der Waals surface area contributed by atoms with Gasteiger partial charge in [0.15, 0.2) is 0 Å². The summed E-state index contributed by atoms with van der Waals surface area (Å²) >= 11 is 0. The molecule has 1 heterocycles. The van der Waals surface area contributed by atoms with Gasteiger partial charge in [-0.15, -0.1) is 10.2 Å². The van der Waals surface area contributed by atoms with Crippen LogP contribution in [0.25, 0.3) is 11.4 Å². The molecule has 0 saturated heterocycles. The van der Waals surface area contributed by atoms with Gasteiger partial charge in [0.2, 0.25) is 11.7 Å². The molecular weight excluding hydrogens is 338 g/mol. The standard InChI is InChI=1S/C21H27N5O/c1-21(2,17-5-3-4-14(11-17)19-23-25-26-24-19)20(27)22-18-15-7-12-6-13(9-15)10-16(18)8-12/h3-5,11-13,15-16,18H,6-10H2,1-2H3,(H,22,27)(H,23,24,25,26). The van der Waals surface area contributed by atoms with Gasteiger partial charge in [-0.05, 0) is 86.5 Å². The number of hydrogen-bond donors (Lipinski definition) is 2. The molecular formula is C21H27N5O. The van der Waals surface area contributed by atoms with Crippen molar-refractivity contribution in [3.05, 3.63) is 29.8 Å². The lowest BCUT2D eigenvalue weighted by molar-refractivity contribution is -0.129. The fourth-order valence-electron chi connectivity index (χ4n) is 5.95. The minimum Gasteiger partial charge on any atom is -0.352 e. The van der Waals surface area contributed by atoms with Crippen molar-refractivity contribution in [3.63, 3.8) is 0 Å². The van der Waals surface area contributed by atoms with Crippen LogP contribution in [0.3, 0.4) is 0 Å². The Morgan fingerprint density at radius 3 is 2.44 bits per heavy atom. The normalized spacial score (nSPS) is 31.9. The number of carbonyl (C=O) groups is 1. The second-order valence-corrected chi connectivity index (χ2v) is 9.37. The molecule has 4 bridgehead atoms. The Balaban J connectivity index is 1.36. The summed E-state index contributed by atoms with van der Waals surface area (Å²) in [6.07, 6.45) is 6.68. The zero-order valence-corrected chi connectivity index (χ0v) is 16.0. The average molecular weight is 365 g/mol. The van der Waals surface area contributed by atoms with Gasteiger partial charge in [-0.2, -0.15) is 5.21 Å². The van der Waals surface area contributed by atoms with E-state index < -0.39 is 5.41 Å². The number of nitrogens with zero attached hydrogens (tertiary/aromatic N) is 3. The minimum absolute atomic E-state index is 0.130. The van der Waals surface area contributed by atoms with E-state index in [9.17, 15) is 4.79 Å². The van der Waals surface area contributed by atoms with Gasteiger partial charge in [0, 0.05) is 11.6 Å². The topological polar surface area (TPSA) is 83.6 Å². The molecule has 1 aromatic carbocycles. The third-order valence-electron chi connectivity index (χ3n) is 7.28. The number of aromatic nitrogens is 4. The van der Waals surface area contributed by atoms with Crippen LogP contribution in [-0.4, -0.2) is 32.6 Å². The van der Waals surface area contributed by atoms with Gasteiger partial charge in [0.1, 0.15) is 0 Å². The summed E-state index contributed by atoms with van der Waals surface area (Å²) < 4.78 is 0. The van der Waals surface area contributed by atoms with Gasteiger partial charge >= 0.3 is 0 Å². The fourth-order valence-corrected chi connectivity index (χ4v) is 5.95. The Morgan fingerprint density at radius 1 is 1.11 bits per heavy atom. The van der Waals surface area contributed by atoms with Crippen LogP contribution in [0.1, 0.15) is 51.5 Å². The Bertz CT molecular complexity index is 816. The highest BCUT2D eigenvalue weighted by Gasteiger charge is 2.49. The molecule has 27 heavy (non-hydrogen) atoms. The van der Waals surface area contributed by atoms with E-state index in [1.807, 2.05) is 38.1 Å². The first-order chi connectivity index (χ1) is 13.0. The molecule has 4 fully saturated rings. The van der Waals surface area contributed by atoms with Crippen LogP contribution in [0.2, 0.25) is 0 Å². The number of tetrazole rings is 1. The highest BCUT2D eigenvalue weighted by molar-refractivity contribution is 5.88. The summed E-state index contributed by atoms with van der Waals surface area (Å²) in [6.45, 7) is 4.02. The smallest absolute Gasteiger partial charge is 0.230 e. The lowest BCUT2D eigenvalue weighted by Gasteiger charge is -2.54. The molecule has 0 atom stereocenters. The van der Waals surface area contributed by atoms with Crippen LogP contribution in [0.4, 0.5) is 0 Å². The maximum Gasteiger partial charge on any atom is 0.230 e. The predicted molar refractivity (Wildman–Crippen MR) is 102 cm³/mol. The van der Waals surface area contributed by atoms with Crippen molar-refractivity contribution in [1.29, 1.82) is 0 Å².